The zero-order valence-corrected chi connectivity index (χ0v) is 7.92. The maximum absolute atomic E-state index is 2.18. The Morgan fingerprint density at radius 2 is 2.50 bits per heavy atom. The molecule has 1 aliphatic heterocycles. The van der Waals surface area contributed by atoms with Crippen LogP contribution < -0.4 is 0 Å². The average Bonchev–Trinajstić information content (AvgIpc) is 1.72. The molecule has 0 atom stereocenters. The van der Waals surface area contributed by atoms with Gasteiger partial charge in [0.25, 0.3) is 0 Å². The second-order valence-corrected chi connectivity index (χ2v) is 11.6. The summed E-state index contributed by atoms with van der Waals surface area (Å²) in [5.74, 6) is 1.42. The molecule has 1 aliphatic rings. The van der Waals surface area contributed by atoms with Crippen molar-refractivity contribution in [2.45, 2.75) is 10.9 Å². The summed E-state index contributed by atoms with van der Waals surface area (Å²) >= 11 is 0.166. The van der Waals surface area contributed by atoms with E-state index in [1.54, 1.807) is 4.44 Å². The van der Waals surface area contributed by atoms with Crippen molar-refractivity contribution < 1.29 is 0 Å². The van der Waals surface area contributed by atoms with E-state index in [2.05, 4.69) is 18.8 Å². The van der Waals surface area contributed by atoms with E-state index in [0.717, 1.165) is 0 Å². The summed E-state index contributed by atoms with van der Waals surface area (Å²) in [5.41, 5.74) is 0. The first-order valence-electron chi connectivity index (χ1n) is 2.01. The van der Waals surface area contributed by atoms with Gasteiger partial charge in [-0.2, -0.15) is 0 Å². The van der Waals surface area contributed by atoms with Crippen LogP contribution in [-0.4, -0.2) is 25.5 Å². The van der Waals surface area contributed by atoms with E-state index in [1.807, 2.05) is 0 Å². The van der Waals surface area contributed by atoms with E-state index in [4.69, 9.17) is 0 Å². The molecular formula is C3H6S2Sn. The van der Waals surface area contributed by atoms with Crippen LogP contribution in [-0.2, 0) is 0 Å². The van der Waals surface area contributed by atoms with Crippen LogP contribution in [0.4, 0.5) is 0 Å². The average molecular weight is 225 g/mol. The SMILES string of the molecule is C1CS[S][Sn][CH2]1. The van der Waals surface area contributed by atoms with Crippen LogP contribution in [0.25, 0.3) is 0 Å². The van der Waals surface area contributed by atoms with Crippen molar-refractivity contribution in [3.63, 3.8) is 0 Å². The second kappa shape index (κ2) is 3.49. The van der Waals surface area contributed by atoms with E-state index < -0.39 is 0 Å². The Hall–Kier alpha value is 1.50. The molecule has 1 saturated heterocycles. The minimum absolute atomic E-state index is 0.166. The van der Waals surface area contributed by atoms with Gasteiger partial charge in [0.05, 0.1) is 0 Å². The third kappa shape index (κ3) is 1.98. The summed E-state index contributed by atoms with van der Waals surface area (Å²) < 4.78 is 1.61. The van der Waals surface area contributed by atoms with Crippen LogP contribution in [0.2, 0.25) is 4.44 Å². The monoisotopic (exact) mass is 226 g/mol. The topological polar surface area (TPSA) is 0 Å². The van der Waals surface area contributed by atoms with Crippen LogP contribution in [0.1, 0.15) is 6.42 Å². The standard InChI is InChI=1S/C3H7S2.Sn/c1-2-3-5-4;/h4H,1-3H2;/q;+1/p-1. The van der Waals surface area contributed by atoms with Crippen molar-refractivity contribution in [3.8, 4) is 0 Å². The summed E-state index contributed by atoms with van der Waals surface area (Å²) in [6, 6.07) is 0. The van der Waals surface area contributed by atoms with E-state index >= 15 is 0 Å². The number of hydrogen-bond donors (Lipinski definition) is 0. The zero-order valence-electron chi connectivity index (χ0n) is 3.44. The van der Waals surface area contributed by atoms with Gasteiger partial charge in [-0.15, -0.1) is 0 Å². The summed E-state index contributed by atoms with van der Waals surface area (Å²) in [6.45, 7) is 0. The molecule has 34 valence electrons. The molecule has 1 rings (SSSR count). The van der Waals surface area contributed by atoms with Gasteiger partial charge in [-0.3, -0.25) is 0 Å². The fraction of sp³-hybridized carbons (Fsp3) is 1.00. The molecule has 0 bridgehead atoms. The molecule has 0 unspecified atom stereocenters. The Balaban J connectivity index is 2.00. The Morgan fingerprint density at radius 3 is 2.67 bits per heavy atom. The van der Waals surface area contributed by atoms with Crippen molar-refractivity contribution in [2.24, 2.45) is 0 Å². The van der Waals surface area contributed by atoms with E-state index in [1.165, 1.54) is 12.2 Å². The van der Waals surface area contributed by atoms with Gasteiger partial charge in [-0.05, 0) is 0 Å². The zero-order chi connectivity index (χ0) is 4.24. The molecule has 3 heteroatoms. The second-order valence-electron chi connectivity index (χ2n) is 1.15. The fourth-order valence-electron chi connectivity index (χ4n) is 0.328. The molecule has 0 nitrogen and oxygen atoms in total. The summed E-state index contributed by atoms with van der Waals surface area (Å²) in [7, 11) is 4.27. The van der Waals surface area contributed by atoms with Gasteiger partial charge in [0.1, 0.15) is 0 Å². The van der Waals surface area contributed by atoms with Crippen LogP contribution in [0.3, 0.4) is 0 Å². The molecule has 6 heavy (non-hydrogen) atoms. The van der Waals surface area contributed by atoms with Crippen molar-refractivity contribution in [2.75, 3.05) is 5.75 Å². The molecule has 0 aromatic rings. The number of rotatable bonds is 0. The first-order chi connectivity index (χ1) is 3.00. The molecule has 0 spiro atoms. The van der Waals surface area contributed by atoms with Crippen LogP contribution in [0, 0.1) is 0 Å². The predicted octanol–water partition coefficient (Wildman–Crippen LogP) is 1.81. The van der Waals surface area contributed by atoms with Crippen molar-refractivity contribution in [1.29, 1.82) is 0 Å². The van der Waals surface area contributed by atoms with Gasteiger partial charge >= 0.3 is 55.1 Å². The van der Waals surface area contributed by atoms with Gasteiger partial charge in [-0.25, -0.2) is 0 Å². The van der Waals surface area contributed by atoms with Crippen LogP contribution in [0.5, 0.6) is 0 Å². The molecule has 0 amide bonds. The van der Waals surface area contributed by atoms with Gasteiger partial charge in [0.2, 0.25) is 0 Å². The summed E-state index contributed by atoms with van der Waals surface area (Å²) in [5, 5.41) is 0. The molecule has 0 saturated carbocycles. The Labute approximate surface area is 54.9 Å². The van der Waals surface area contributed by atoms with Crippen molar-refractivity contribution in [1.82, 2.24) is 0 Å². The van der Waals surface area contributed by atoms with Gasteiger partial charge in [0.15, 0.2) is 0 Å². The van der Waals surface area contributed by atoms with Crippen molar-refractivity contribution >= 4 is 38.5 Å². The third-order valence-electron chi connectivity index (χ3n) is 0.624. The van der Waals surface area contributed by atoms with Gasteiger partial charge in [-0.1, -0.05) is 0 Å². The Bertz CT molecular complexity index is 24.3. The molecule has 0 N–H and O–H groups in total. The molecule has 0 aliphatic carbocycles. The quantitative estimate of drug-likeness (QED) is 0.455. The maximum atomic E-state index is 2.18. The molecular weight excluding hydrogens is 219 g/mol. The molecule has 1 fully saturated rings. The number of hydrogen-bond acceptors (Lipinski definition) is 2. The molecule has 1 heterocycles. The van der Waals surface area contributed by atoms with Crippen molar-refractivity contribution in [3.05, 3.63) is 0 Å². The van der Waals surface area contributed by atoms with Crippen LogP contribution in [0.15, 0.2) is 0 Å². The molecule has 0 aromatic carbocycles. The normalized spacial score (nSPS) is 24.0. The van der Waals surface area contributed by atoms with Crippen LogP contribution >= 0.6 is 18.8 Å². The first-order valence-corrected chi connectivity index (χ1v) is 9.85. The van der Waals surface area contributed by atoms with E-state index in [0.29, 0.717) is 0 Å². The fourth-order valence-corrected chi connectivity index (χ4v) is 11.0. The predicted molar refractivity (Wildman–Crippen MR) is 35.2 cm³/mol. The summed E-state index contributed by atoms with van der Waals surface area (Å²) in [4.78, 5) is 0. The first kappa shape index (κ1) is 5.63. The Kier molecular flexibility index (Phi) is 3.28. The molecule has 2 radical (unpaired) electrons. The molecule has 0 aromatic heterocycles. The van der Waals surface area contributed by atoms with E-state index in [-0.39, 0.29) is 19.8 Å². The third-order valence-corrected chi connectivity index (χ3v) is 11.5. The minimum atomic E-state index is 0.166. The van der Waals surface area contributed by atoms with Gasteiger partial charge in [0, 0.05) is 0 Å². The van der Waals surface area contributed by atoms with E-state index in [9.17, 15) is 0 Å². The summed E-state index contributed by atoms with van der Waals surface area (Å²) in [6.07, 6.45) is 1.52. The Morgan fingerprint density at radius 1 is 1.50 bits per heavy atom. The van der Waals surface area contributed by atoms with Gasteiger partial charge < -0.3 is 0 Å².